The normalized spacial score (nSPS) is 37.4. The molecule has 0 amide bonds. The summed E-state index contributed by atoms with van der Waals surface area (Å²) in [6, 6.07) is 0. The number of fused-ring (bicyclic) bond motifs is 1. The average molecular weight is 326 g/mol. The lowest BCUT2D eigenvalue weighted by atomic mass is 9.65. The van der Waals surface area contributed by atoms with E-state index in [1.165, 1.54) is 0 Å². The van der Waals surface area contributed by atoms with Crippen LogP contribution in [0.1, 0.15) is 33.1 Å². The number of aliphatic carboxylic acids is 1. The van der Waals surface area contributed by atoms with Gasteiger partial charge in [-0.05, 0) is 25.7 Å². The summed E-state index contributed by atoms with van der Waals surface area (Å²) in [4.78, 5) is 22.5. The molecule has 1 saturated heterocycles. The molecule has 2 N–H and O–H groups in total. The van der Waals surface area contributed by atoms with Crippen molar-refractivity contribution in [3.05, 3.63) is 11.6 Å². The Morgan fingerprint density at radius 3 is 2.74 bits per heavy atom. The third kappa shape index (κ3) is 3.75. The van der Waals surface area contributed by atoms with E-state index in [4.69, 9.17) is 14.6 Å². The number of cyclic esters (lactones) is 1. The van der Waals surface area contributed by atoms with Crippen molar-refractivity contribution in [3.8, 4) is 0 Å². The zero-order chi connectivity index (χ0) is 17.1. The van der Waals surface area contributed by atoms with Crippen LogP contribution in [0.2, 0.25) is 0 Å². The topological polar surface area (TPSA) is 93.1 Å². The number of aliphatic hydroxyl groups excluding tert-OH is 1. The van der Waals surface area contributed by atoms with Crippen LogP contribution in [0.25, 0.3) is 0 Å². The molecule has 6 unspecified atom stereocenters. The zero-order valence-electron chi connectivity index (χ0n) is 13.9. The molecule has 0 bridgehead atoms. The molecule has 2 fully saturated rings. The molecule has 1 heterocycles. The van der Waals surface area contributed by atoms with E-state index in [0.717, 1.165) is 5.57 Å². The number of allylic oxidation sites excluding steroid dienone is 2. The van der Waals surface area contributed by atoms with Crippen molar-refractivity contribution < 1.29 is 29.3 Å². The van der Waals surface area contributed by atoms with Crippen LogP contribution in [0.5, 0.6) is 0 Å². The fourth-order valence-corrected chi connectivity index (χ4v) is 3.93. The van der Waals surface area contributed by atoms with Crippen molar-refractivity contribution in [2.45, 2.75) is 45.3 Å². The molecule has 0 aromatic rings. The third-order valence-corrected chi connectivity index (χ3v) is 5.32. The van der Waals surface area contributed by atoms with Gasteiger partial charge in [0.2, 0.25) is 0 Å². The van der Waals surface area contributed by atoms with E-state index in [2.05, 4.69) is 0 Å². The number of ether oxygens (including phenoxy) is 2. The highest BCUT2D eigenvalue weighted by atomic mass is 16.5. The quantitative estimate of drug-likeness (QED) is 0.569. The van der Waals surface area contributed by atoms with Gasteiger partial charge in [0.05, 0.1) is 24.7 Å². The zero-order valence-corrected chi connectivity index (χ0v) is 13.9. The van der Waals surface area contributed by atoms with Gasteiger partial charge in [-0.25, -0.2) is 0 Å². The lowest BCUT2D eigenvalue weighted by molar-refractivity contribution is -0.153. The first kappa shape index (κ1) is 17.9. The molecule has 6 heteroatoms. The highest BCUT2D eigenvalue weighted by molar-refractivity contribution is 5.75. The maximum atomic E-state index is 11.9. The third-order valence-electron chi connectivity index (χ3n) is 5.32. The number of carboxylic acids is 1. The molecule has 2 aliphatic rings. The van der Waals surface area contributed by atoms with Crippen LogP contribution < -0.4 is 0 Å². The van der Waals surface area contributed by atoms with Crippen molar-refractivity contribution >= 4 is 11.9 Å². The number of esters is 1. The van der Waals surface area contributed by atoms with E-state index in [1.54, 1.807) is 7.11 Å². The summed E-state index contributed by atoms with van der Waals surface area (Å²) in [5.74, 6) is -1.69. The summed E-state index contributed by atoms with van der Waals surface area (Å²) >= 11 is 0. The molecule has 1 saturated carbocycles. The SMILES string of the molecule is COC1C(C)C2COC(=O)C2C(O)C1CC=C(C)CCC(=O)O. The average Bonchev–Trinajstić information content (AvgIpc) is 2.89. The number of hydrogen-bond acceptors (Lipinski definition) is 5. The minimum Gasteiger partial charge on any atom is -0.481 e. The van der Waals surface area contributed by atoms with Crippen molar-refractivity contribution in [2.24, 2.45) is 23.7 Å². The number of aliphatic hydroxyl groups is 1. The summed E-state index contributed by atoms with van der Waals surface area (Å²) < 4.78 is 10.7. The fourth-order valence-electron chi connectivity index (χ4n) is 3.93. The molecule has 0 aromatic heterocycles. The Kier molecular flexibility index (Phi) is 5.81. The van der Waals surface area contributed by atoms with E-state index in [1.807, 2.05) is 19.9 Å². The smallest absolute Gasteiger partial charge is 0.312 e. The lowest BCUT2D eigenvalue weighted by Crippen LogP contribution is -2.52. The maximum absolute atomic E-state index is 11.9. The predicted octanol–water partition coefficient (Wildman–Crippen LogP) is 1.62. The first-order chi connectivity index (χ1) is 10.9. The Labute approximate surface area is 136 Å². The molecule has 1 aliphatic heterocycles. The second-order valence-corrected chi connectivity index (χ2v) is 6.71. The van der Waals surface area contributed by atoms with E-state index in [0.29, 0.717) is 19.4 Å². The number of methoxy groups -OCH3 is 1. The van der Waals surface area contributed by atoms with Crippen LogP contribution in [0, 0.1) is 23.7 Å². The largest absolute Gasteiger partial charge is 0.481 e. The van der Waals surface area contributed by atoms with E-state index < -0.39 is 18.0 Å². The van der Waals surface area contributed by atoms with Crippen molar-refractivity contribution in [1.82, 2.24) is 0 Å². The Balaban J connectivity index is 2.10. The second kappa shape index (κ2) is 7.45. The minimum absolute atomic E-state index is 0.00390. The molecule has 0 spiro atoms. The van der Waals surface area contributed by atoms with Gasteiger partial charge in [0.25, 0.3) is 0 Å². The highest BCUT2D eigenvalue weighted by Crippen LogP contribution is 2.45. The summed E-state index contributed by atoms with van der Waals surface area (Å²) in [7, 11) is 1.62. The Morgan fingerprint density at radius 1 is 1.43 bits per heavy atom. The van der Waals surface area contributed by atoms with Gasteiger partial charge in [0.1, 0.15) is 0 Å². The van der Waals surface area contributed by atoms with Crippen LogP contribution in [0.15, 0.2) is 11.6 Å². The summed E-state index contributed by atoms with van der Waals surface area (Å²) in [6.07, 6.45) is 2.15. The highest BCUT2D eigenvalue weighted by Gasteiger charge is 2.54. The molecule has 6 nitrogen and oxygen atoms in total. The van der Waals surface area contributed by atoms with Crippen LogP contribution >= 0.6 is 0 Å². The Morgan fingerprint density at radius 2 is 2.13 bits per heavy atom. The molecule has 0 aromatic carbocycles. The predicted molar refractivity (Wildman–Crippen MR) is 82.6 cm³/mol. The summed E-state index contributed by atoms with van der Waals surface area (Å²) in [6.45, 7) is 4.27. The molecule has 23 heavy (non-hydrogen) atoms. The van der Waals surface area contributed by atoms with Crippen LogP contribution in [0.4, 0.5) is 0 Å². The first-order valence-corrected chi connectivity index (χ1v) is 8.11. The van der Waals surface area contributed by atoms with Crippen molar-refractivity contribution in [1.29, 1.82) is 0 Å². The van der Waals surface area contributed by atoms with Crippen LogP contribution in [-0.2, 0) is 19.1 Å². The minimum atomic E-state index is -0.824. The van der Waals surface area contributed by atoms with Gasteiger partial charge >= 0.3 is 11.9 Å². The standard InChI is InChI=1S/C17H26O6/c1-9(5-7-13(18)19)4-6-11-15(20)14-12(8-23-17(14)21)10(2)16(11)22-3/h4,10-12,14-16,20H,5-8H2,1-3H3,(H,18,19). The van der Waals surface area contributed by atoms with Gasteiger partial charge in [0, 0.05) is 25.4 Å². The number of carboxylic acid groups (broad SMARTS) is 1. The van der Waals surface area contributed by atoms with Gasteiger partial charge in [-0.2, -0.15) is 0 Å². The first-order valence-electron chi connectivity index (χ1n) is 8.11. The molecule has 130 valence electrons. The molecule has 2 rings (SSSR count). The summed E-state index contributed by atoms with van der Waals surface area (Å²) in [5.41, 5.74) is 0.971. The number of hydrogen-bond donors (Lipinski definition) is 2. The number of carbonyl (C=O) groups excluding carboxylic acids is 1. The lowest BCUT2D eigenvalue weighted by Gasteiger charge is -2.43. The van der Waals surface area contributed by atoms with Gasteiger partial charge in [0.15, 0.2) is 0 Å². The molecule has 0 radical (unpaired) electrons. The Hall–Kier alpha value is -1.40. The van der Waals surface area contributed by atoms with Gasteiger partial charge in [-0.1, -0.05) is 18.6 Å². The van der Waals surface area contributed by atoms with Crippen molar-refractivity contribution in [3.63, 3.8) is 0 Å². The summed E-state index contributed by atoms with van der Waals surface area (Å²) in [5, 5.41) is 19.4. The number of carbonyl (C=O) groups is 2. The van der Waals surface area contributed by atoms with E-state index >= 15 is 0 Å². The van der Waals surface area contributed by atoms with E-state index in [-0.39, 0.29) is 36.2 Å². The van der Waals surface area contributed by atoms with Gasteiger partial charge in [-0.3, -0.25) is 9.59 Å². The maximum Gasteiger partial charge on any atom is 0.312 e. The number of rotatable bonds is 6. The van der Waals surface area contributed by atoms with E-state index in [9.17, 15) is 14.7 Å². The second-order valence-electron chi connectivity index (χ2n) is 6.71. The van der Waals surface area contributed by atoms with Gasteiger partial charge in [-0.15, -0.1) is 0 Å². The van der Waals surface area contributed by atoms with Crippen LogP contribution in [-0.4, -0.2) is 48.1 Å². The molecular weight excluding hydrogens is 300 g/mol. The Bertz CT molecular complexity index is 485. The monoisotopic (exact) mass is 326 g/mol. The molecule has 1 aliphatic carbocycles. The van der Waals surface area contributed by atoms with Gasteiger partial charge < -0.3 is 19.7 Å². The molecular formula is C17H26O6. The van der Waals surface area contributed by atoms with Crippen molar-refractivity contribution in [2.75, 3.05) is 13.7 Å². The fraction of sp³-hybridized carbons (Fsp3) is 0.765. The van der Waals surface area contributed by atoms with Crippen LogP contribution in [0.3, 0.4) is 0 Å². The molecule has 6 atom stereocenters.